The number of benzene rings is 9. The molecule has 0 aliphatic rings. The lowest BCUT2D eigenvalue weighted by molar-refractivity contribution is 0.673. The molecule has 59 heavy (non-hydrogen) atoms. The molecule has 4 nitrogen and oxygen atoms in total. The lowest BCUT2D eigenvalue weighted by Crippen LogP contribution is -2.01. The first-order valence-electron chi connectivity index (χ1n) is 19.9. The van der Waals surface area contributed by atoms with Crippen molar-refractivity contribution < 1.29 is 4.42 Å². The molecule has 0 unspecified atom stereocenters. The summed E-state index contributed by atoms with van der Waals surface area (Å²) in [4.78, 5) is 16.4. The molecule has 0 radical (unpaired) electrons. The largest absolute Gasteiger partial charge is 0.455 e. The first-order valence-corrected chi connectivity index (χ1v) is 19.9. The molecule has 274 valence electrons. The summed E-state index contributed by atoms with van der Waals surface area (Å²) in [6.45, 7) is 0. The Morgan fingerprint density at radius 2 is 0.915 bits per heavy atom. The molecule has 0 bridgehead atoms. The predicted molar refractivity (Wildman–Crippen MR) is 244 cm³/mol. The van der Waals surface area contributed by atoms with Crippen LogP contribution in [-0.2, 0) is 0 Å². The van der Waals surface area contributed by atoms with Crippen LogP contribution in [0.2, 0.25) is 0 Å². The van der Waals surface area contributed by atoms with Gasteiger partial charge in [-0.1, -0.05) is 170 Å². The molecule has 0 fully saturated rings. The molecule has 9 aromatic carbocycles. The number of hydrogen-bond acceptors (Lipinski definition) is 4. The van der Waals surface area contributed by atoms with E-state index in [1.165, 1.54) is 10.8 Å². The van der Waals surface area contributed by atoms with E-state index in [2.05, 4.69) is 188 Å². The summed E-state index contributed by atoms with van der Waals surface area (Å²) in [6, 6.07) is 70.1. The van der Waals surface area contributed by atoms with Gasteiger partial charge in [0.2, 0.25) is 0 Å². The third kappa shape index (κ3) is 5.34. The molecule has 4 heteroatoms. The molecular weight excluding hydrogens is 719 g/mol. The van der Waals surface area contributed by atoms with Gasteiger partial charge in [0.15, 0.2) is 5.82 Å². The quantitative estimate of drug-likeness (QED) is 0.164. The number of rotatable bonds is 5. The molecule has 0 aliphatic heterocycles. The van der Waals surface area contributed by atoms with Crippen LogP contribution in [0.3, 0.4) is 0 Å². The van der Waals surface area contributed by atoms with Crippen molar-refractivity contribution in [3.05, 3.63) is 200 Å². The van der Waals surface area contributed by atoms with Gasteiger partial charge in [-0.05, 0) is 57.4 Å². The van der Waals surface area contributed by atoms with Crippen molar-refractivity contribution in [2.75, 3.05) is 0 Å². The molecular formula is C55H33N3O. The maximum absolute atomic E-state index is 6.64. The molecule has 0 amide bonds. The lowest BCUT2D eigenvalue weighted by Gasteiger charge is -2.19. The van der Waals surface area contributed by atoms with E-state index < -0.39 is 0 Å². The van der Waals surface area contributed by atoms with E-state index in [1.54, 1.807) is 0 Å². The Kier molecular flexibility index (Phi) is 7.50. The van der Waals surface area contributed by atoms with Gasteiger partial charge in [0.05, 0.1) is 22.6 Å². The number of furan rings is 1. The van der Waals surface area contributed by atoms with Gasteiger partial charge in [-0.2, -0.15) is 0 Å². The van der Waals surface area contributed by atoms with Gasteiger partial charge in [-0.25, -0.2) is 15.0 Å². The fraction of sp³-hybridized carbons (Fsp3) is 0. The zero-order valence-corrected chi connectivity index (χ0v) is 31.8. The fourth-order valence-corrected chi connectivity index (χ4v) is 8.96. The number of nitrogens with zero attached hydrogens (tertiary/aromatic N) is 3. The van der Waals surface area contributed by atoms with Crippen molar-refractivity contribution in [1.82, 2.24) is 15.0 Å². The van der Waals surface area contributed by atoms with Crippen LogP contribution < -0.4 is 0 Å². The Morgan fingerprint density at radius 3 is 1.68 bits per heavy atom. The number of aromatic nitrogens is 3. The Hall–Kier alpha value is -7.95. The zero-order valence-electron chi connectivity index (χ0n) is 31.8. The minimum Gasteiger partial charge on any atom is -0.455 e. The molecule has 3 aromatic heterocycles. The van der Waals surface area contributed by atoms with Gasteiger partial charge >= 0.3 is 0 Å². The Bertz CT molecular complexity index is 3550. The zero-order chi connectivity index (χ0) is 38.9. The van der Waals surface area contributed by atoms with Crippen LogP contribution in [0.15, 0.2) is 205 Å². The van der Waals surface area contributed by atoms with E-state index in [9.17, 15) is 0 Å². The molecule has 0 spiro atoms. The van der Waals surface area contributed by atoms with Crippen molar-refractivity contribution in [3.8, 4) is 56.3 Å². The third-order valence-electron chi connectivity index (χ3n) is 11.6. The standard InChI is InChI=1S/C55H33N3O/c1-3-16-34(17-4-1)52-49(53(35-18-5-2-6-19-35)58-55(57-52)46-33-36-20-7-8-23-39(36)40-24-9-10-25-41(40)46)37-21-15-22-38(32-37)51-45-31-30-43-42-26-12-14-29-48(42)59-54(43)50(45)44-27-11-13-28-47(44)56-51/h1-33H. The molecule has 12 rings (SSSR count). The van der Waals surface area contributed by atoms with Crippen LogP contribution >= 0.6 is 0 Å². The SMILES string of the molecule is c1ccc(-c2nc(-c3cc4ccccc4c4ccccc34)nc(-c3ccccc3)c2-c2cccc(-c3nc4ccccc4c4c3ccc3c5ccccc5oc34)c2)cc1. The molecule has 0 saturated heterocycles. The van der Waals surface area contributed by atoms with Crippen molar-refractivity contribution in [2.45, 2.75) is 0 Å². The summed E-state index contributed by atoms with van der Waals surface area (Å²) in [5, 5.41) is 10.0. The van der Waals surface area contributed by atoms with Crippen LogP contribution in [0.25, 0.3) is 121 Å². The summed E-state index contributed by atoms with van der Waals surface area (Å²) in [5.41, 5.74) is 11.3. The summed E-state index contributed by atoms with van der Waals surface area (Å²) >= 11 is 0. The monoisotopic (exact) mass is 751 g/mol. The summed E-state index contributed by atoms with van der Waals surface area (Å²) in [7, 11) is 0. The Morgan fingerprint density at radius 1 is 0.339 bits per heavy atom. The summed E-state index contributed by atoms with van der Waals surface area (Å²) in [6.07, 6.45) is 0. The molecule has 0 atom stereocenters. The smallest absolute Gasteiger partial charge is 0.161 e. The van der Waals surface area contributed by atoms with Crippen LogP contribution in [0.1, 0.15) is 0 Å². The van der Waals surface area contributed by atoms with E-state index in [0.29, 0.717) is 5.82 Å². The molecule has 0 aliphatic carbocycles. The van der Waals surface area contributed by atoms with Crippen molar-refractivity contribution in [3.63, 3.8) is 0 Å². The Labute approximate surface area is 339 Å². The van der Waals surface area contributed by atoms with E-state index in [0.717, 1.165) is 105 Å². The van der Waals surface area contributed by atoms with E-state index >= 15 is 0 Å². The van der Waals surface area contributed by atoms with Crippen LogP contribution in [0, 0.1) is 0 Å². The van der Waals surface area contributed by atoms with Gasteiger partial charge < -0.3 is 4.42 Å². The van der Waals surface area contributed by atoms with E-state index in [1.807, 2.05) is 12.1 Å². The number of para-hydroxylation sites is 2. The van der Waals surface area contributed by atoms with Gasteiger partial charge in [0, 0.05) is 54.7 Å². The highest BCUT2D eigenvalue weighted by Crippen LogP contribution is 2.44. The second-order valence-corrected chi connectivity index (χ2v) is 15.1. The highest BCUT2D eigenvalue weighted by atomic mass is 16.3. The molecule has 0 saturated carbocycles. The summed E-state index contributed by atoms with van der Waals surface area (Å²) in [5.74, 6) is 0.682. The predicted octanol–water partition coefficient (Wildman–Crippen LogP) is 14.7. The Balaban J connectivity index is 1.14. The number of hydrogen-bond donors (Lipinski definition) is 0. The molecule has 0 N–H and O–H groups in total. The van der Waals surface area contributed by atoms with Crippen molar-refractivity contribution >= 4 is 65.2 Å². The van der Waals surface area contributed by atoms with Crippen LogP contribution in [0.4, 0.5) is 0 Å². The van der Waals surface area contributed by atoms with Crippen LogP contribution in [0.5, 0.6) is 0 Å². The second-order valence-electron chi connectivity index (χ2n) is 15.1. The highest BCUT2D eigenvalue weighted by molar-refractivity contribution is 6.24. The average Bonchev–Trinajstić information content (AvgIpc) is 3.70. The number of pyridine rings is 1. The minimum absolute atomic E-state index is 0.682. The fourth-order valence-electron chi connectivity index (χ4n) is 8.96. The van der Waals surface area contributed by atoms with Crippen molar-refractivity contribution in [1.29, 1.82) is 0 Å². The normalized spacial score (nSPS) is 11.7. The first-order chi connectivity index (χ1) is 29.3. The first kappa shape index (κ1) is 33.2. The average molecular weight is 752 g/mol. The van der Waals surface area contributed by atoms with Gasteiger partial charge in [-0.3, -0.25) is 0 Å². The second kappa shape index (κ2) is 13.3. The van der Waals surface area contributed by atoms with Crippen molar-refractivity contribution in [2.24, 2.45) is 0 Å². The van der Waals surface area contributed by atoms with Gasteiger partial charge in [-0.15, -0.1) is 0 Å². The summed E-state index contributed by atoms with van der Waals surface area (Å²) < 4.78 is 6.64. The highest BCUT2D eigenvalue weighted by Gasteiger charge is 2.23. The van der Waals surface area contributed by atoms with E-state index in [-0.39, 0.29) is 0 Å². The maximum atomic E-state index is 6.64. The molecule has 3 heterocycles. The minimum atomic E-state index is 0.682. The number of fused-ring (bicyclic) bond motifs is 10. The third-order valence-corrected chi connectivity index (χ3v) is 11.6. The topological polar surface area (TPSA) is 51.8 Å². The van der Waals surface area contributed by atoms with Crippen LogP contribution in [-0.4, -0.2) is 15.0 Å². The molecule has 12 aromatic rings. The van der Waals surface area contributed by atoms with E-state index in [4.69, 9.17) is 19.4 Å². The van der Waals surface area contributed by atoms with Gasteiger partial charge in [0.25, 0.3) is 0 Å². The van der Waals surface area contributed by atoms with Gasteiger partial charge in [0.1, 0.15) is 11.2 Å². The maximum Gasteiger partial charge on any atom is 0.161 e. The lowest BCUT2D eigenvalue weighted by atomic mass is 9.91.